The molecule has 8 atom stereocenters. The van der Waals surface area contributed by atoms with Gasteiger partial charge in [-0.05, 0) is 57.6 Å². The fourth-order valence-electron chi connectivity index (χ4n) is 5.87. The van der Waals surface area contributed by atoms with Gasteiger partial charge in [-0.15, -0.1) is 11.3 Å². The summed E-state index contributed by atoms with van der Waals surface area (Å²) in [5.74, 6) is -2.36. The number of aryl methyl sites for hydroxylation is 1. The first-order chi connectivity index (χ1) is 17.7. The summed E-state index contributed by atoms with van der Waals surface area (Å²) in [5, 5.41) is 25.4. The molecule has 38 heavy (non-hydrogen) atoms. The van der Waals surface area contributed by atoms with Gasteiger partial charge >= 0.3 is 5.97 Å². The largest absolute Gasteiger partial charge is 0.457 e. The molecular weight excluding hydrogens is 502 g/mol. The van der Waals surface area contributed by atoms with Crippen molar-refractivity contribution in [3.63, 3.8) is 0 Å². The molecule has 2 aliphatic rings. The third kappa shape index (κ3) is 6.93. The number of aromatic nitrogens is 1. The number of carbonyl (C=O) groups is 2. The van der Waals surface area contributed by atoms with Crippen LogP contribution in [0.3, 0.4) is 0 Å². The number of Topliss-reactive ketones (excluding diaryl/α,β-unsaturated/α-hetero) is 1. The van der Waals surface area contributed by atoms with Crippen molar-refractivity contribution >= 4 is 29.2 Å². The fraction of sp³-hybridized carbons (Fsp3) is 0.767. The quantitative estimate of drug-likeness (QED) is 0.377. The van der Waals surface area contributed by atoms with Crippen LogP contribution >= 0.6 is 11.3 Å². The van der Waals surface area contributed by atoms with E-state index in [2.05, 4.69) is 11.9 Å². The van der Waals surface area contributed by atoms with Crippen molar-refractivity contribution in [3.8, 4) is 0 Å². The Morgan fingerprint density at radius 2 is 1.92 bits per heavy atom. The first kappa shape index (κ1) is 30.9. The molecule has 2 N–H and O–H groups in total. The van der Waals surface area contributed by atoms with Crippen molar-refractivity contribution in [1.82, 2.24) is 4.98 Å². The van der Waals surface area contributed by atoms with Crippen molar-refractivity contribution in [2.45, 2.75) is 124 Å². The Balaban J connectivity index is 1.96. The highest BCUT2D eigenvalue weighted by molar-refractivity contribution is 7.09. The zero-order chi connectivity index (χ0) is 28.4. The molecule has 2 fully saturated rings. The highest BCUT2D eigenvalue weighted by atomic mass is 32.1. The van der Waals surface area contributed by atoms with E-state index in [0.717, 1.165) is 35.5 Å². The van der Waals surface area contributed by atoms with Gasteiger partial charge in [0, 0.05) is 17.7 Å². The summed E-state index contributed by atoms with van der Waals surface area (Å²) in [5.41, 5.74) is 0.154. The summed E-state index contributed by atoms with van der Waals surface area (Å²) >= 11 is 1.57. The van der Waals surface area contributed by atoms with Crippen molar-refractivity contribution in [2.24, 2.45) is 23.2 Å². The van der Waals surface area contributed by atoms with Crippen LogP contribution in [0.25, 0.3) is 6.08 Å². The van der Waals surface area contributed by atoms with Crippen LogP contribution in [0.2, 0.25) is 0 Å². The molecule has 3 rings (SSSR count). The molecule has 0 amide bonds. The Kier molecular flexibility index (Phi) is 9.99. The number of aliphatic hydroxyl groups excluding tert-OH is 2. The van der Waals surface area contributed by atoms with Crippen LogP contribution in [-0.2, 0) is 19.1 Å². The molecule has 8 heteroatoms. The van der Waals surface area contributed by atoms with E-state index in [-0.39, 0.29) is 23.4 Å². The van der Waals surface area contributed by atoms with E-state index in [1.54, 1.807) is 32.1 Å². The number of ketones is 1. The molecule has 1 aromatic heterocycles. The number of nitrogens with zero attached hydrogens (tertiary/aromatic N) is 1. The minimum atomic E-state index is -1.24. The fourth-order valence-corrected chi connectivity index (χ4v) is 6.44. The third-order valence-corrected chi connectivity index (χ3v) is 9.53. The van der Waals surface area contributed by atoms with Gasteiger partial charge in [0.2, 0.25) is 0 Å². The average Bonchev–Trinajstić information content (AvgIpc) is 3.30. The second kappa shape index (κ2) is 12.3. The van der Waals surface area contributed by atoms with E-state index in [4.69, 9.17) is 9.47 Å². The Bertz CT molecular complexity index is 1020. The van der Waals surface area contributed by atoms with E-state index in [1.807, 2.05) is 39.2 Å². The van der Waals surface area contributed by atoms with E-state index >= 15 is 0 Å². The molecule has 0 bridgehead atoms. The van der Waals surface area contributed by atoms with Crippen molar-refractivity contribution in [1.29, 1.82) is 0 Å². The Hall–Kier alpha value is -1.61. The summed E-state index contributed by atoms with van der Waals surface area (Å²) in [6.45, 7) is 15.0. The number of fused-ring (bicyclic) bond motifs is 1. The molecule has 0 aliphatic carbocycles. The minimum absolute atomic E-state index is 0.0551. The van der Waals surface area contributed by atoms with Gasteiger partial charge in [-0.2, -0.15) is 0 Å². The molecule has 0 saturated carbocycles. The van der Waals surface area contributed by atoms with Gasteiger partial charge in [-0.1, -0.05) is 47.5 Å². The van der Waals surface area contributed by atoms with Crippen LogP contribution in [0.1, 0.15) is 97.7 Å². The number of carbonyl (C=O) groups excluding carboxylic acids is 2. The smallest absolute Gasteiger partial charge is 0.312 e. The topological polar surface area (TPSA) is 109 Å². The second-order valence-electron chi connectivity index (χ2n) is 12.3. The van der Waals surface area contributed by atoms with E-state index in [0.29, 0.717) is 19.3 Å². The van der Waals surface area contributed by atoms with E-state index in [1.165, 1.54) is 0 Å². The molecular formula is C30H47NO6S. The second-order valence-corrected chi connectivity index (χ2v) is 13.4. The molecule has 2 aliphatic heterocycles. The number of hydrogen-bond donors (Lipinski definition) is 2. The summed E-state index contributed by atoms with van der Waals surface area (Å²) in [7, 11) is 0. The molecule has 7 nitrogen and oxygen atoms in total. The van der Waals surface area contributed by atoms with Crippen LogP contribution < -0.4 is 0 Å². The predicted octanol–water partition coefficient (Wildman–Crippen LogP) is 5.50. The number of ether oxygens (including phenoxy) is 2. The lowest BCUT2D eigenvalue weighted by atomic mass is 9.70. The number of aliphatic hydroxyl groups is 2. The average molecular weight is 550 g/mol. The van der Waals surface area contributed by atoms with Gasteiger partial charge in [-0.3, -0.25) is 9.59 Å². The molecule has 214 valence electrons. The number of hydrogen-bond acceptors (Lipinski definition) is 8. The molecule has 0 spiro atoms. The zero-order valence-electron chi connectivity index (χ0n) is 24.3. The highest BCUT2D eigenvalue weighted by Crippen LogP contribution is 2.45. The van der Waals surface area contributed by atoms with Crippen molar-refractivity contribution in [3.05, 3.63) is 21.7 Å². The Labute approximate surface area is 232 Å². The first-order valence-corrected chi connectivity index (χ1v) is 15.0. The molecule has 1 unspecified atom stereocenters. The number of rotatable bonds is 4. The first-order valence-electron chi connectivity index (χ1n) is 14.1. The lowest BCUT2D eigenvalue weighted by molar-refractivity contribution is -0.163. The monoisotopic (exact) mass is 549 g/mol. The number of epoxide rings is 1. The van der Waals surface area contributed by atoms with Crippen LogP contribution in [0.15, 0.2) is 11.0 Å². The highest BCUT2D eigenvalue weighted by Gasteiger charge is 2.53. The Morgan fingerprint density at radius 3 is 2.53 bits per heavy atom. The van der Waals surface area contributed by atoms with Gasteiger partial charge in [0.05, 0.1) is 45.9 Å². The van der Waals surface area contributed by atoms with Crippen LogP contribution in [-0.4, -0.2) is 57.0 Å². The van der Waals surface area contributed by atoms with Crippen LogP contribution in [0, 0.1) is 30.1 Å². The van der Waals surface area contributed by atoms with Gasteiger partial charge in [-0.25, -0.2) is 4.98 Å². The number of cyclic esters (lactones) is 1. The van der Waals surface area contributed by atoms with E-state index in [9.17, 15) is 19.8 Å². The van der Waals surface area contributed by atoms with Gasteiger partial charge in [0.1, 0.15) is 11.9 Å². The minimum Gasteiger partial charge on any atom is -0.457 e. The third-order valence-electron chi connectivity index (χ3n) is 8.74. The molecule has 0 aromatic carbocycles. The maximum absolute atomic E-state index is 13.6. The maximum atomic E-state index is 13.6. The normalized spacial score (nSPS) is 37.4. The lowest BCUT2D eigenvalue weighted by Crippen LogP contribution is -2.49. The van der Waals surface area contributed by atoms with Crippen molar-refractivity contribution in [2.75, 3.05) is 0 Å². The summed E-state index contributed by atoms with van der Waals surface area (Å²) in [6, 6.07) is 0. The maximum Gasteiger partial charge on any atom is 0.312 e. The summed E-state index contributed by atoms with van der Waals surface area (Å²) < 4.78 is 12.3. The SMILES string of the molecule is CCCC1C(=O)O[C@H](/C(C)=C/c2csc(C)n2)C[C@@H]2O[C@]2(C)CCC[C@H](C)[C@H](O)[C@@H](C)C(=O)C(C)(C)[C@H]1O. The summed E-state index contributed by atoms with van der Waals surface area (Å²) in [4.78, 5) is 31.7. The van der Waals surface area contributed by atoms with Gasteiger partial charge in [0.25, 0.3) is 0 Å². The van der Waals surface area contributed by atoms with E-state index < -0.39 is 41.5 Å². The number of esters is 1. The standard InChI is InChI=1S/C30H47NO6S/c1-9-11-22-27(34)29(6,7)26(33)19(4)25(32)17(2)12-10-13-30(8)24(37-30)15-23(36-28(22)35)18(3)14-21-16-38-20(5)31-21/h14,16-17,19,22-25,27,32,34H,9-13,15H2,1-8H3/b18-14+/t17-,19+,22?,23-,24-,25-,27-,30+/m0/s1. The number of thiazole rings is 1. The zero-order valence-corrected chi connectivity index (χ0v) is 25.1. The molecule has 2 saturated heterocycles. The molecule has 1 aromatic rings. The van der Waals surface area contributed by atoms with Crippen molar-refractivity contribution < 1.29 is 29.3 Å². The van der Waals surface area contributed by atoms with Gasteiger partial charge < -0.3 is 19.7 Å². The van der Waals surface area contributed by atoms with Crippen LogP contribution in [0.5, 0.6) is 0 Å². The van der Waals surface area contributed by atoms with Gasteiger partial charge in [0.15, 0.2) is 0 Å². The summed E-state index contributed by atoms with van der Waals surface area (Å²) in [6.07, 6.45) is 3.30. The Morgan fingerprint density at radius 1 is 1.24 bits per heavy atom. The van der Waals surface area contributed by atoms with Crippen LogP contribution in [0.4, 0.5) is 0 Å². The molecule has 3 heterocycles. The predicted molar refractivity (Wildman–Crippen MR) is 150 cm³/mol. The molecule has 0 radical (unpaired) electrons. The lowest BCUT2D eigenvalue weighted by Gasteiger charge is -2.37.